The van der Waals surface area contributed by atoms with Crippen LogP contribution in [0.4, 0.5) is 13.2 Å². The number of rotatable bonds is 4. The number of methoxy groups -OCH3 is 1. The molecule has 0 atom stereocenters. The first kappa shape index (κ1) is 17.9. The third-order valence-corrected chi connectivity index (χ3v) is 3.72. The largest absolute Gasteiger partial charge is 0.481 e. The van der Waals surface area contributed by atoms with Gasteiger partial charge in [-0.2, -0.15) is 13.2 Å². The Kier molecular flexibility index (Phi) is 4.94. The lowest BCUT2D eigenvalue weighted by Gasteiger charge is -2.13. The van der Waals surface area contributed by atoms with Gasteiger partial charge in [0.05, 0.1) is 28.8 Å². The zero-order valence-electron chi connectivity index (χ0n) is 13.3. The molecule has 0 saturated heterocycles. The summed E-state index contributed by atoms with van der Waals surface area (Å²) in [5.74, 6) is 0.297. The normalized spacial score (nSPS) is 11.3. The number of alkyl halides is 3. The van der Waals surface area contributed by atoms with Crippen LogP contribution in [0.5, 0.6) is 17.5 Å². The van der Waals surface area contributed by atoms with Crippen molar-refractivity contribution in [1.82, 2.24) is 15.0 Å². The SMILES string of the molecule is COc1ncccc1-c1cncnc1Oc1ccc(Cl)c(C(F)(F)F)c1. The highest BCUT2D eigenvalue weighted by Gasteiger charge is 2.33. The molecule has 0 fully saturated rings. The number of benzene rings is 1. The van der Waals surface area contributed by atoms with Gasteiger partial charge >= 0.3 is 6.18 Å². The zero-order valence-corrected chi connectivity index (χ0v) is 14.0. The lowest BCUT2D eigenvalue weighted by atomic mass is 10.1. The molecule has 3 aromatic rings. The van der Waals surface area contributed by atoms with Crippen molar-refractivity contribution in [3.63, 3.8) is 0 Å². The van der Waals surface area contributed by atoms with Crippen LogP contribution in [-0.4, -0.2) is 22.1 Å². The summed E-state index contributed by atoms with van der Waals surface area (Å²) in [6.07, 6.45) is -0.371. The molecular formula is C17H11ClF3N3O2. The van der Waals surface area contributed by atoms with E-state index in [1.807, 2.05) is 0 Å². The molecule has 0 aliphatic rings. The van der Waals surface area contributed by atoms with Gasteiger partial charge in [-0.25, -0.2) is 15.0 Å². The van der Waals surface area contributed by atoms with E-state index >= 15 is 0 Å². The van der Waals surface area contributed by atoms with Gasteiger partial charge in [0.25, 0.3) is 0 Å². The van der Waals surface area contributed by atoms with Gasteiger partial charge < -0.3 is 9.47 Å². The van der Waals surface area contributed by atoms with E-state index in [1.54, 1.807) is 18.3 Å². The summed E-state index contributed by atoms with van der Waals surface area (Å²) >= 11 is 5.62. The molecule has 2 heterocycles. The number of pyridine rings is 1. The third-order valence-electron chi connectivity index (χ3n) is 3.39. The second-order valence-electron chi connectivity index (χ2n) is 5.04. The molecule has 9 heteroatoms. The highest BCUT2D eigenvalue weighted by molar-refractivity contribution is 6.31. The van der Waals surface area contributed by atoms with E-state index in [0.29, 0.717) is 17.0 Å². The Labute approximate surface area is 151 Å². The Morgan fingerprint density at radius 3 is 2.58 bits per heavy atom. The van der Waals surface area contributed by atoms with E-state index < -0.39 is 16.8 Å². The van der Waals surface area contributed by atoms with Crippen LogP contribution in [0, 0.1) is 0 Å². The fraction of sp³-hybridized carbons (Fsp3) is 0.118. The summed E-state index contributed by atoms with van der Waals surface area (Å²) in [5.41, 5.74) is -0.0391. The van der Waals surface area contributed by atoms with Crippen LogP contribution in [0.1, 0.15) is 5.56 Å². The fourth-order valence-electron chi connectivity index (χ4n) is 2.24. The van der Waals surface area contributed by atoms with Crippen LogP contribution in [0.3, 0.4) is 0 Å². The monoisotopic (exact) mass is 381 g/mol. The predicted octanol–water partition coefficient (Wildman–Crippen LogP) is 5.01. The molecule has 0 aliphatic heterocycles. The maximum Gasteiger partial charge on any atom is 0.417 e. The average Bonchev–Trinajstić information content (AvgIpc) is 2.63. The van der Waals surface area contributed by atoms with Crippen molar-refractivity contribution in [2.24, 2.45) is 0 Å². The van der Waals surface area contributed by atoms with Crippen LogP contribution in [0.2, 0.25) is 5.02 Å². The van der Waals surface area contributed by atoms with Gasteiger partial charge in [0.1, 0.15) is 12.1 Å². The molecule has 134 valence electrons. The minimum atomic E-state index is -4.60. The molecule has 0 N–H and O–H groups in total. The molecule has 0 unspecified atom stereocenters. The molecule has 3 rings (SSSR count). The number of halogens is 4. The van der Waals surface area contributed by atoms with Crippen LogP contribution in [0.25, 0.3) is 11.1 Å². The van der Waals surface area contributed by atoms with Gasteiger partial charge in [0, 0.05) is 12.4 Å². The molecule has 2 aromatic heterocycles. The standard InChI is InChI=1S/C17H11ClF3N3O2/c1-25-15-11(3-2-6-23-15)12-8-22-9-24-16(12)26-10-4-5-14(18)13(7-10)17(19,20)21/h2-9H,1H3. The van der Waals surface area contributed by atoms with Crippen LogP contribution < -0.4 is 9.47 Å². The van der Waals surface area contributed by atoms with Gasteiger partial charge in [0.15, 0.2) is 0 Å². The Balaban J connectivity index is 2.03. The molecule has 1 aromatic carbocycles. The van der Waals surface area contributed by atoms with Crippen molar-refractivity contribution >= 4 is 11.6 Å². The number of ether oxygens (including phenoxy) is 2. The smallest absolute Gasteiger partial charge is 0.417 e. The third kappa shape index (κ3) is 3.70. The molecule has 0 saturated carbocycles. The number of hydrogen-bond donors (Lipinski definition) is 0. The number of aromatic nitrogens is 3. The lowest BCUT2D eigenvalue weighted by Crippen LogP contribution is -2.06. The first-order chi connectivity index (χ1) is 12.4. The van der Waals surface area contributed by atoms with Crippen molar-refractivity contribution in [2.45, 2.75) is 6.18 Å². The van der Waals surface area contributed by atoms with Gasteiger partial charge in [-0.1, -0.05) is 11.6 Å². The minimum absolute atomic E-state index is 0.0572. The topological polar surface area (TPSA) is 57.1 Å². The van der Waals surface area contributed by atoms with Gasteiger partial charge in [-0.15, -0.1) is 0 Å². The van der Waals surface area contributed by atoms with Crippen molar-refractivity contribution in [3.05, 3.63) is 59.6 Å². The lowest BCUT2D eigenvalue weighted by molar-refractivity contribution is -0.137. The van der Waals surface area contributed by atoms with E-state index in [0.717, 1.165) is 12.1 Å². The van der Waals surface area contributed by atoms with Crippen LogP contribution in [-0.2, 0) is 6.18 Å². The Morgan fingerprint density at radius 2 is 1.85 bits per heavy atom. The van der Waals surface area contributed by atoms with Crippen molar-refractivity contribution < 1.29 is 22.6 Å². The maximum atomic E-state index is 13.0. The second-order valence-corrected chi connectivity index (χ2v) is 5.45. The Hall–Kier alpha value is -2.87. The summed E-state index contributed by atoms with van der Waals surface area (Å²) < 4.78 is 49.8. The molecule has 0 aliphatic carbocycles. The molecule has 26 heavy (non-hydrogen) atoms. The van der Waals surface area contributed by atoms with Crippen molar-refractivity contribution in [2.75, 3.05) is 7.11 Å². The van der Waals surface area contributed by atoms with Gasteiger partial charge in [-0.3, -0.25) is 0 Å². The Bertz CT molecular complexity index is 935. The van der Waals surface area contributed by atoms with Crippen molar-refractivity contribution in [3.8, 4) is 28.6 Å². The number of hydrogen-bond acceptors (Lipinski definition) is 5. The van der Waals surface area contributed by atoms with E-state index in [9.17, 15) is 13.2 Å². The van der Waals surface area contributed by atoms with Crippen molar-refractivity contribution in [1.29, 1.82) is 0 Å². The van der Waals surface area contributed by atoms with Gasteiger partial charge in [-0.05, 0) is 30.3 Å². The first-order valence-corrected chi connectivity index (χ1v) is 7.62. The summed E-state index contributed by atoms with van der Waals surface area (Å²) in [6.45, 7) is 0. The van der Waals surface area contributed by atoms with Gasteiger partial charge in [0.2, 0.25) is 11.8 Å². The van der Waals surface area contributed by atoms with Crippen LogP contribution >= 0.6 is 11.6 Å². The predicted molar refractivity (Wildman–Crippen MR) is 88.3 cm³/mol. The highest BCUT2D eigenvalue weighted by Crippen LogP contribution is 2.39. The zero-order chi connectivity index (χ0) is 18.7. The molecule has 0 bridgehead atoms. The molecular weight excluding hydrogens is 371 g/mol. The van der Waals surface area contributed by atoms with E-state index in [-0.39, 0.29) is 11.6 Å². The summed E-state index contributed by atoms with van der Waals surface area (Å²) in [7, 11) is 1.45. The second kappa shape index (κ2) is 7.17. The molecule has 0 radical (unpaired) electrons. The van der Waals surface area contributed by atoms with Crippen LogP contribution in [0.15, 0.2) is 49.1 Å². The number of nitrogens with zero attached hydrogens (tertiary/aromatic N) is 3. The summed E-state index contributed by atoms with van der Waals surface area (Å²) in [6, 6.07) is 6.64. The van der Waals surface area contributed by atoms with E-state index in [2.05, 4.69) is 15.0 Å². The van der Waals surface area contributed by atoms with E-state index in [4.69, 9.17) is 21.1 Å². The average molecular weight is 382 g/mol. The van der Waals surface area contributed by atoms with E-state index in [1.165, 1.54) is 25.7 Å². The first-order valence-electron chi connectivity index (χ1n) is 7.24. The Morgan fingerprint density at radius 1 is 1.04 bits per heavy atom. The summed E-state index contributed by atoms with van der Waals surface area (Å²) in [5, 5.41) is -0.415. The highest BCUT2D eigenvalue weighted by atomic mass is 35.5. The molecule has 5 nitrogen and oxygen atoms in total. The fourth-order valence-corrected chi connectivity index (χ4v) is 2.46. The summed E-state index contributed by atoms with van der Waals surface area (Å²) in [4.78, 5) is 12.0. The molecule has 0 amide bonds. The maximum absolute atomic E-state index is 13.0. The minimum Gasteiger partial charge on any atom is -0.481 e. The molecule has 0 spiro atoms. The quantitative estimate of drug-likeness (QED) is 0.635.